The van der Waals surface area contributed by atoms with Crippen LogP contribution in [0.4, 0.5) is 0 Å². The molecule has 0 fully saturated rings. The Bertz CT molecular complexity index is 345. The zero-order valence-electron chi connectivity index (χ0n) is 9.26. The molecule has 0 saturated heterocycles. The van der Waals surface area contributed by atoms with Crippen molar-refractivity contribution in [2.75, 3.05) is 6.61 Å². The van der Waals surface area contributed by atoms with Crippen LogP contribution >= 0.6 is 0 Å². The maximum Gasteiger partial charge on any atom is 0.244 e. The first-order valence-corrected chi connectivity index (χ1v) is 5.26. The van der Waals surface area contributed by atoms with Crippen molar-refractivity contribution in [3.05, 3.63) is 36.2 Å². The third-order valence-electron chi connectivity index (χ3n) is 2.15. The predicted octanol–water partition coefficient (Wildman–Crippen LogP) is 0.982. The lowest BCUT2D eigenvalue weighted by atomic mass is 10.2. The summed E-state index contributed by atoms with van der Waals surface area (Å²) in [4.78, 5) is 15.5. The molecule has 1 unspecified atom stereocenters. The first-order chi connectivity index (χ1) is 7.76. The number of rotatable bonds is 5. The topological polar surface area (TPSA) is 62.2 Å². The molecule has 16 heavy (non-hydrogen) atoms. The highest BCUT2D eigenvalue weighted by molar-refractivity contribution is 5.91. The van der Waals surface area contributed by atoms with Gasteiger partial charge in [0.05, 0.1) is 18.3 Å². The van der Waals surface area contributed by atoms with Crippen molar-refractivity contribution in [1.82, 2.24) is 10.3 Å². The predicted molar refractivity (Wildman–Crippen MR) is 62.6 cm³/mol. The smallest absolute Gasteiger partial charge is 0.244 e. The van der Waals surface area contributed by atoms with Crippen molar-refractivity contribution in [2.24, 2.45) is 0 Å². The molecule has 2 N–H and O–H groups in total. The van der Waals surface area contributed by atoms with Gasteiger partial charge in [-0.3, -0.25) is 9.78 Å². The number of amides is 1. The Morgan fingerprint density at radius 2 is 2.44 bits per heavy atom. The van der Waals surface area contributed by atoms with E-state index in [0.717, 1.165) is 5.69 Å². The summed E-state index contributed by atoms with van der Waals surface area (Å²) in [5, 5.41) is 11.6. The molecule has 0 aromatic carbocycles. The van der Waals surface area contributed by atoms with Crippen LogP contribution in [-0.4, -0.2) is 28.6 Å². The highest BCUT2D eigenvalue weighted by Gasteiger charge is 2.05. The molecule has 1 amide bonds. The summed E-state index contributed by atoms with van der Waals surface area (Å²) in [6, 6.07) is 5.30. The average molecular weight is 220 g/mol. The van der Waals surface area contributed by atoms with E-state index in [2.05, 4.69) is 10.3 Å². The normalized spacial score (nSPS) is 12.6. The molecule has 0 saturated carbocycles. The lowest BCUT2D eigenvalue weighted by Gasteiger charge is -2.11. The van der Waals surface area contributed by atoms with Crippen LogP contribution in [0.1, 0.15) is 19.0 Å². The first kappa shape index (κ1) is 12.4. The Labute approximate surface area is 95.0 Å². The van der Waals surface area contributed by atoms with Crippen LogP contribution in [0.25, 0.3) is 6.08 Å². The molecule has 0 radical (unpaired) electrons. The van der Waals surface area contributed by atoms with E-state index in [1.165, 1.54) is 6.08 Å². The summed E-state index contributed by atoms with van der Waals surface area (Å²) in [5.74, 6) is -0.216. The molecule has 1 rings (SSSR count). The molecule has 0 aliphatic carbocycles. The van der Waals surface area contributed by atoms with Gasteiger partial charge in [0.15, 0.2) is 0 Å². The van der Waals surface area contributed by atoms with Gasteiger partial charge in [-0.05, 0) is 24.6 Å². The lowest BCUT2D eigenvalue weighted by Crippen LogP contribution is -2.35. The van der Waals surface area contributed by atoms with Gasteiger partial charge in [0, 0.05) is 12.3 Å². The molecule has 0 spiro atoms. The molecule has 4 nitrogen and oxygen atoms in total. The minimum absolute atomic E-state index is 0.0420. The highest BCUT2D eigenvalue weighted by Crippen LogP contribution is 1.96. The number of hydrogen-bond donors (Lipinski definition) is 2. The van der Waals surface area contributed by atoms with Crippen LogP contribution in [0, 0.1) is 0 Å². The number of aromatic nitrogens is 1. The van der Waals surface area contributed by atoms with Crippen molar-refractivity contribution >= 4 is 12.0 Å². The third-order valence-corrected chi connectivity index (χ3v) is 2.15. The van der Waals surface area contributed by atoms with Gasteiger partial charge in [0.25, 0.3) is 0 Å². The quantitative estimate of drug-likeness (QED) is 0.727. The average Bonchev–Trinajstić information content (AvgIpc) is 2.34. The van der Waals surface area contributed by atoms with E-state index >= 15 is 0 Å². The monoisotopic (exact) mass is 220 g/mol. The largest absolute Gasteiger partial charge is 0.394 e. The second kappa shape index (κ2) is 6.74. The zero-order valence-corrected chi connectivity index (χ0v) is 9.26. The Kier molecular flexibility index (Phi) is 5.22. The second-order valence-corrected chi connectivity index (χ2v) is 3.38. The minimum atomic E-state index is -0.216. The number of nitrogens with one attached hydrogen (secondary N) is 1. The molecule has 0 bridgehead atoms. The van der Waals surface area contributed by atoms with E-state index in [9.17, 15) is 4.79 Å². The number of aliphatic hydroxyl groups is 1. The molecule has 1 heterocycles. The fraction of sp³-hybridized carbons (Fsp3) is 0.333. The van der Waals surface area contributed by atoms with E-state index in [0.29, 0.717) is 6.42 Å². The molecular weight excluding hydrogens is 204 g/mol. The van der Waals surface area contributed by atoms with Crippen LogP contribution in [0.3, 0.4) is 0 Å². The van der Waals surface area contributed by atoms with E-state index in [1.807, 2.05) is 25.1 Å². The molecule has 1 aromatic rings. The minimum Gasteiger partial charge on any atom is -0.394 e. The second-order valence-electron chi connectivity index (χ2n) is 3.38. The number of pyridine rings is 1. The van der Waals surface area contributed by atoms with Gasteiger partial charge in [-0.25, -0.2) is 0 Å². The number of hydrogen-bond acceptors (Lipinski definition) is 3. The molecule has 0 aliphatic heterocycles. The number of carbonyl (C=O) groups excluding carboxylic acids is 1. The van der Waals surface area contributed by atoms with Gasteiger partial charge < -0.3 is 10.4 Å². The standard InChI is InChI=1S/C12H16N2O2/c1-2-10(9-15)14-12(16)7-6-11-5-3-4-8-13-11/h3-8,10,15H,2,9H2,1H3,(H,14,16)/b7-6+. The van der Waals surface area contributed by atoms with Crippen molar-refractivity contribution in [3.63, 3.8) is 0 Å². The van der Waals surface area contributed by atoms with Crippen LogP contribution in [0.5, 0.6) is 0 Å². The summed E-state index contributed by atoms with van der Waals surface area (Å²) in [5.41, 5.74) is 0.731. The van der Waals surface area contributed by atoms with Crippen LogP contribution in [-0.2, 0) is 4.79 Å². The molecular formula is C12H16N2O2. The Balaban J connectivity index is 2.48. The van der Waals surface area contributed by atoms with Crippen LogP contribution in [0.15, 0.2) is 30.5 Å². The first-order valence-electron chi connectivity index (χ1n) is 5.26. The Morgan fingerprint density at radius 1 is 1.62 bits per heavy atom. The SMILES string of the molecule is CCC(CO)NC(=O)/C=C/c1ccccn1. The van der Waals surface area contributed by atoms with Crippen molar-refractivity contribution in [2.45, 2.75) is 19.4 Å². The molecule has 1 aromatic heterocycles. The van der Waals surface area contributed by atoms with Crippen molar-refractivity contribution < 1.29 is 9.90 Å². The van der Waals surface area contributed by atoms with Crippen molar-refractivity contribution in [3.8, 4) is 0 Å². The summed E-state index contributed by atoms with van der Waals surface area (Å²) in [7, 11) is 0. The fourth-order valence-corrected chi connectivity index (χ4v) is 1.16. The number of carbonyl (C=O) groups is 1. The Morgan fingerprint density at radius 3 is 3.00 bits per heavy atom. The van der Waals surface area contributed by atoms with Crippen molar-refractivity contribution in [1.29, 1.82) is 0 Å². The van der Waals surface area contributed by atoms with Crippen LogP contribution in [0.2, 0.25) is 0 Å². The molecule has 4 heteroatoms. The van der Waals surface area contributed by atoms with Crippen LogP contribution < -0.4 is 5.32 Å². The van der Waals surface area contributed by atoms with Gasteiger partial charge in [0.2, 0.25) is 5.91 Å². The summed E-state index contributed by atoms with van der Waals surface area (Å²) in [6.07, 6.45) is 5.43. The summed E-state index contributed by atoms with van der Waals surface area (Å²) < 4.78 is 0. The fourth-order valence-electron chi connectivity index (χ4n) is 1.16. The van der Waals surface area contributed by atoms with E-state index in [-0.39, 0.29) is 18.6 Å². The maximum atomic E-state index is 11.4. The van der Waals surface area contributed by atoms with Gasteiger partial charge in [0.1, 0.15) is 0 Å². The highest BCUT2D eigenvalue weighted by atomic mass is 16.3. The number of aliphatic hydroxyl groups excluding tert-OH is 1. The van der Waals surface area contributed by atoms with E-state index < -0.39 is 0 Å². The molecule has 1 atom stereocenters. The van der Waals surface area contributed by atoms with Gasteiger partial charge in [-0.15, -0.1) is 0 Å². The van der Waals surface area contributed by atoms with E-state index in [4.69, 9.17) is 5.11 Å². The van der Waals surface area contributed by atoms with E-state index in [1.54, 1.807) is 12.3 Å². The zero-order chi connectivity index (χ0) is 11.8. The van der Waals surface area contributed by atoms with Gasteiger partial charge in [-0.2, -0.15) is 0 Å². The molecule has 0 aliphatic rings. The number of nitrogens with zero attached hydrogens (tertiary/aromatic N) is 1. The Hall–Kier alpha value is -1.68. The lowest BCUT2D eigenvalue weighted by molar-refractivity contribution is -0.117. The summed E-state index contributed by atoms with van der Waals surface area (Å²) >= 11 is 0. The third kappa shape index (κ3) is 4.23. The van der Waals surface area contributed by atoms with Gasteiger partial charge >= 0.3 is 0 Å². The summed E-state index contributed by atoms with van der Waals surface area (Å²) in [6.45, 7) is 1.86. The van der Waals surface area contributed by atoms with Gasteiger partial charge in [-0.1, -0.05) is 13.0 Å². The maximum absolute atomic E-state index is 11.4. The molecule has 86 valence electrons.